The van der Waals surface area contributed by atoms with Crippen LogP contribution in [0, 0.1) is 0 Å². The van der Waals surface area contributed by atoms with Gasteiger partial charge in [0, 0.05) is 5.75 Å². The zero-order valence-corrected chi connectivity index (χ0v) is 20.0. The van der Waals surface area contributed by atoms with Gasteiger partial charge in [0.2, 0.25) is 5.13 Å². The molecule has 0 fully saturated rings. The molecule has 0 radical (unpaired) electrons. The molecule has 0 bridgehead atoms. The largest absolute Gasteiger partial charge is 0.497 e. The highest BCUT2D eigenvalue weighted by Gasteiger charge is 2.37. The van der Waals surface area contributed by atoms with Crippen LogP contribution in [0.3, 0.4) is 0 Å². The van der Waals surface area contributed by atoms with Gasteiger partial charge in [-0.25, -0.2) is 8.42 Å². The lowest BCUT2D eigenvalue weighted by Crippen LogP contribution is -2.48. The lowest BCUT2D eigenvalue weighted by Gasteiger charge is -2.34. The molecule has 0 saturated heterocycles. The average Bonchev–Trinajstić information content (AvgIpc) is 3.29. The van der Waals surface area contributed by atoms with Crippen molar-refractivity contribution >= 4 is 49.8 Å². The van der Waals surface area contributed by atoms with Gasteiger partial charge in [-0.1, -0.05) is 41.3 Å². The molecule has 1 N–H and O–H groups in total. The zero-order chi connectivity index (χ0) is 23.4. The third-order valence-corrected chi connectivity index (χ3v) is 8.40. The van der Waals surface area contributed by atoms with Crippen molar-refractivity contribution in [1.82, 2.24) is 10.2 Å². The summed E-state index contributed by atoms with van der Waals surface area (Å²) in [6, 6.07) is 12.8. The first-order chi connectivity index (χ1) is 15.9. The van der Waals surface area contributed by atoms with E-state index in [1.165, 1.54) is 46.6 Å². The molecule has 4 rings (SSSR count). The normalized spacial score (nSPS) is 15.3. The number of hydrogen-bond acceptors (Lipinski definition) is 9. The van der Waals surface area contributed by atoms with Gasteiger partial charge < -0.3 is 9.47 Å². The molecule has 1 atom stereocenters. The Morgan fingerprint density at radius 2 is 2.06 bits per heavy atom. The van der Waals surface area contributed by atoms with Crippen molar-refractivity contribution in [3.05, 3.63) is 61.2 Å². The summed E-state index contributed by atoms with van der Waals surface area (Å²) in [4.78, 5) is 13.0. The maximum Gasteiger partial charge on any atom is 0.269 e. The average molecular weight is 505 g/mol. The van der Waals surface area contributed by atoms with Crippen molar-refractivity contribution in [3.63, 3.8) is 0 Å². The molecule has 172 valence electrons. The van der Waals surface area contributed by atoms with Crippen molar-refractivity contribution in [2.75, 3.05) is 29.0 Å². The van der Waals surface area contributed by atoms with Crippen LogP contribution in [0.25, 0.3) is 0 Å². The summed E-state index contributed by atoms with van der Waals surface area (Å²) in [5.74, 6) is 0.983. The van der Waals surface area contributed by atoms with Crippen LogP contribution < -0.4 is 19.1 Å². The summed E-state index contributed by atoms with van der Waals surface area (Å²) in [6.07, 6.45) is 0.663. The number of hydrogen-bond donors (Lipinski definition) is 1. The van der Waals surface area contributed by atoms with E-state index < -0.39 is 22.0 Å². The number of ether oxygens (including phenoxy) is 2. The minimum atomic E-state index is -3.97. The van der Waals surface area contributed by atoms with Gasteiger partial charge in [0.05, 0.1) is 24.2 Å². The van der Waals surface area contributed by atoms with Crippen LogP contribution in [-0.2, 0) is 14.8 Å². The van der Waals surface area contributed by atoms with E-state index in [0.717, 1.165) is 0 Å². The van der Waals surface area contributed by atoms with E-state index in [0.29, 0.717) is 32.4 Å². The molecule has 2 aromatic carbocycles. The van der Waals surface area contributed by atoms with Crippen molar-refractivity contribution < 1.29 is 22.7 Å². The van der Waals surface area contributed by atoms with E-state index >= 15 is 0 Å². The molecule has 0 saturated carbocycles. The first-order valence-electron chi connectivity index (χ1n) is 9.73. The molecule has 9 nitrogen and oxygen atoms in total. The monoisotopic (exact) mass is 504 g/mol. The molecule has 1 unspecified atom stereocenters. The number of carbonyl (C=O) groups excluding carboxylic acids is 1. The number of benzene rings is 2. The summed E-state index contributed by atoms with van der Waals surface area (Å²) in [6.45, 7) is 3.46. The molecule has 1 aliphatic heterocycles. The lowest BCUT2D eigenvalue weighted by atomic mass is 10.2. The summed E-state index contributed by atoms with van der Waals surface area (Å²) >= 11 is 2.67. The van der Waals surface area contributed by atoms with Crippen LogP contribution in [0.1, 0.15) is 0 Å². The van der Waals surface area contributed by atoms with Crippen LogP contribution in [0.2, 0.25) is 0 Å². The highest BCUT2D eigenvalue weighted by molar-refractivity contribution is 8.01. The number of methoxy groups -OCH3 is 1. The van der Waals surface area contributed by atoms with Gasteiger partial charge in [0.15, 0.2) is 10.4 Å². The van der Waals surface area contributed by atoms with Crippen molar-refractivity contribution in [1.29, 1.82) is 0 Å². The number of carbonyl (C=O) groups is 1. The molecule has 1 aliphatic rings. The first kappa shape index (κ1) is 23.1. The Kier molecular flexibility index (Phi) is 6.86. The predicted molar refractivity (Wildman–Crippen MR) is 128 cm³/mol. The zero-order valence-electron chi connectivity index (χ0n) is 17.5. The third kappa shape index (κ3) is 4.97. The summed E-state index contributed by atoms with van der Waals surface area (Å²) in [5, 5.41) is 10.9. The molecule has 0 spiro atoms. The SMILES string of the molecule is C=CCSc1nnc(NC(=O)C2CN(S(=O)(=O)c3ccc(OC)cc3)c3ccccc3O2)s1. The van der Waals surface area contributed by atoms with E-state index in [4.69, 9.17) is 9.47 Å². The number of nitrogens with zero attached hydrogens (tertiary/aromatic N) is 3. The molecular formula is C21H20N4O5S3. The van der Waals surface area contributed by atoms with Crippen molar-refractivity contribution in [3.8, 4) is 11.5 Å². The van der Waals surface area contributed by atoms with Crippen molar-refractivity contribution in [2.45, 2.75) is 15.3 Å². The fourth-order valence-corrected chi connectivity index (χ4v) is 6.07. The number of para-hydroxylation sites is 2. The Bertz CT molecular complexity index is 1260. The Balaban J connectivity index is 1.59. The number of anilines is 2. The Morgan fingerprint density at radius 1 is 1.30 bits per heavy atom. The highest BCUT2D eigenvalue weighted by Crippen LogP contribution is 2.37. The molecular weight excluding hydrogens is 484 g/mol. The maximum atomic E-state index is 13.4. The number of fused-ring (bicyclic) bond motifs is 1. The Labute approximate surface area is 199 Å². The summed E-state index contributed by atoms with van der Waals surface area (Å²) in [7, 11) is -2.46. The molecule has 33 heavy (non-hydrogen) atoms. The fraction of sp³-hybridized carbons (Fsp3) is 0.190. The number of nitrogens with one attached hydrogen (secondary N) is 1. The second-order valence-corrected chi connectivity index (χ2v) is 10.9. The number of aromatic nitrogens is 2. The lowest BCUT2D eigenvalue weighted by molar-refractivity contribution is -0.122. The van der Waals surface area contributed by atoms with Gasteiger partial charge in [0.25, 0.3) is 15.9 Å². The number of amides is 1. The number of rotatable bonds is 8. The number of sulfonamides is 1. The van der Waals surface area contributed by atoms with E-state index in [1.807, 2.05) is 0 Å². The van der Waals surface area contributed by atoms with Gasteiger partial charge in [-0.05, 0) is 36.4 Å². The van der Waals surface area contributed by atoms with Gasteiger partial charge in [-0.3, -0.25) is 14.4 Å². The van der Waals surface area contributed by atoms with Crippen LogP contribution in [-0.4, -0.2) is 50.0 Å². The second kappa shape index (κ2) is 9.81. The topological polar surface area (TPSA) is 111 Å². The Morgan fingerprint density at radius 3 is 2.79 bits per heavy atom. The highest BCUT2D eigenvalue weighted by atomic mass is 32.2. The van der Waals surface area contributed by atoms with E-state index in [1.54, 1.807) is 42.5 Å². The second-order valence-electron chi connectivity index (χ2n) is 6.75. The van der Waals surface area contributed by atoms with E-state index in [-0.39, 0.29) is 11.4 Å². The minimum Gasteiger partial charge on any atom is -0.497 e. The first-order valence-corrected chi connectivity index (χ1v) is 13.0. The molecule has 0 aliphatic carbocycles. The minimum absolute atomic E-state index is 0.0761. The molecule has 12 heteroatoms. The quantitative estimate of drug-likeness (QED) is 0.282. The van der Waals surface area contributed by atoms with Crippen LogP contribution in [0.5, 0.6) is 11.5 Å². The summed E-state index contributed by atoms with van der Waals surface area (Å²) in [5.41, 5.74) is 0.358. The third-order valence-electron chi connectivity index (χ3n) is 4.64. The van der Waals surface area contributed by atoms with Gasteiger partial charge in [-0.15, -0.1) is 16.8 Å². The van der Waals surface area contributed by atoms with Crippen LogP contribution in [0.15, 0.2) is 70.4 Å². The fourth-order valence-electron chi connectivity index (χ4n) is 3.08. The molecule has 1 amide bonds. The van der Waals surface area contributed by atoms with Gasteiger partial charge in [0.1, 0.15) is 11.5 Å². The van der Waals surface area contributed by atoms with Crippen molar-refractivity contribution in [2.24, 2.45) is 0 Å². The Hall–Kier alpha value is -3.09. The summed E-state index contributed by atoms with van der Waals surface area (Å²) < 4.78 is 39.7. The smallest absolute Gasteiger partial charge is 0.269 e. The molecule has 2 heterocycles. The van der Waals surface area contributed by atoms with E-state index in [2.05, 4.69) is 22.1 Å². The molecule has 3 aromatic rings. The standard InChI is InChI=1S/C21H20N4O5S3/c1-3-12-31-21-24-23-20(32-21)22-19(26)18-13-25(16-6-4-5-7-17(16)30-18)33(27,28)15-10-8-14(29-2)9-11-15/h3-11,18H,1,12-13H2,2H3,(H,22,23,26). The molecule has 1 aromatic heterocycles. The van der Waals surface area contributed by atoms with E-state index in [9.17, 15) is 13.2 Å². The predicted octanol–water partition coefficient (Wildman–Crippen LogP) is 3.42. The van der Waals surface area contributed by atoms with Crippen LogP contribution in [0.4, 0.5) is 10.8 Å². The van der Waals surface area contributed by atoms with Gasteiger partial charge >= 0.3 is 0 Å². The maximum absolute atomic E-state index is 13.4. The van der Waals surface area contributed by atoms with Gasteiger partial charge in [-0.2, -0.15) is 0 Å². The van der Waals surface area contributed by atoms with Crippen LogP contribution >= 0.6 is 23.1 Å². The number of thioether (sulfide) groups is 1.